The van der Waals surface area contributed by atoms with Crippen molar-refractivity contribution in [2.45, 2.75) is 11.8 Å². The van der Waals surface area contributed by atoms with Gasteiger partial charge in [-0.1, -0.05) is 12.7 Å². The quantitative estimate of drug-likeness (QED) is 0.487. The average Bonchev–Trinajstić information content (AvgIpc) is 2.60. The van der Waals surface area contributed by atoms with Gasteiger partial charge in [-0.15, -0.1) is 0 Å². The van der Waals surface area contributed by atoms with Crippen LogP contribution in [0, 0.1) is 10.1 Å². The molecule has 1 saturated heterocycles. The van der Waals surface area contributed by atoms with Crippen molar-refractivity contribution in [1.29, 1.82) is 0 Å². The standard InChI is InChI=1S/C9H9NO4/c1-2-7-3-4-9(10(11)12)8(5-7)13-6-14-9/h2-5,8H,1,6H2. The molecule has 0 bridgehead atoms. The molecule has 5 nitrogen and oxygen atoms in total. The summed E-state index contributed by atoms with van der Waals surface area (Å²) in [6.07, 6.45) is 5.61. The number of nitro groups is 1. The van der Waals surface area contributed by atoms with E-state index in [1.807, 2.05) is 0 Å². The van der Waals surface area contributed by atoms with Crippen LogP contribution >= 0.6 is 0 Å². The summed E-state index contributed by atoms with van der Waals surface area (Å²) in [6, 6.07) is 0. The topological polar surface area (TPSA) is 61.6 Å². The van der Waals surface area contributed by atoms with Crippen molar-refractivity contribution < 1.29 is 14.4 Å². The molecule has 74 valence electrons. The lowest BCUT2D eigenvalue weighted by Gasteiger charge is -2.21. The summed E-state index contributed by atoms with van der Waals surface area (Å²) in [5.41, 5.74) is -0.732. The summed E-state index contributed by atoms with van der Waals surface area (Å²) in [5, 5.41) is 10.8. The summed E-state index contributed by atoms with van der Waals surface area (Å²) >= 11 is 0. The fraction of sp³-hybridized carbons (Fsp3) is 0.333. The van der Waals surface area contributed by atoms with Crippen molar-refractivity contribution >= 4 is 0 Å². The monoisotopic (exact) mass is 195 g/mol. The zero-order valence-corrected chi connectivity index (χ0v) is 7.38. The predicted octanol–water partition coefficient (Wildman–Crippen LogP) is 1.01. The largest absolute Gasteiger partial charge is 0.376 e. The molecule has 1 aliphatic heterocycles. The first-order valence-electron chi connectivity index (χ1n) is 4.12. The maximum atomic E-state index is 10.8. The van der Waals surface area contributed by atoms with Crippen LogP contribution in [0.1, 0.15) is 0 Å². The minimum Gasteiger partial charge on any atom is -0.337 e. The molecule has 2 aliphatic rings. The van der Waals surface area contributed by atoms with Crippen LogP contribution in [0.4, 0.5) is 0 Å². The van der Waals surface area contributed by atoms with Crippen molar-refractivity contribution in [2.24, 2.45) is 0 Å². The number of rotatable bonds is 2. The van der Waals surface area contributed by atoms with Crippen LogP contribution in [0.25, 0.3) is 0 Å². The van der Waals surface area contributed by atoms with Crippen LogP contribution in [0.15, 0.2) is 36.5 Å². The van der Waals surface area contributed by atoms with Gasteiger partial charge in [0.15, 0.2) is 12.9 Å². The van der Waals surface area contributed by atoms with Crippen LogP contribution in [-0.2, 0) is 9.47 Å². The van der Waals surface area contributed by atoms with Gasteiger partial charge in [0, 0.05) is 6.08 Å². The highest BCUT2D eigenvalue weighted by atomic mass is 16.8. The first-order chi connectivity index (χ1) is 6.69. The molecule has 0 aromatic carbocycles. The van der Waals surface area contributed by atoms with Crippen molar-refractivity contribution in [3.63, 3.8) is 0 Å². The third-order valence-corrected chi connectivity index (χ3v) is 2.32. The van der Waals surface area contributed by atoms with E-state index >= 15 is 0 Å². The number of ether oxygens (including phenoxy) is 2. The van der Waals surface area contributed by atoms with Crippen LogP contribution in [-0.4, -0.2) is 23.5 Å². The SMILES string of the molecule is C=CC1=CC2OCOC2([N+](=O)[O-])C=C1. The molecule has 0 spiro atoms. The molecule has 2 atom stereocenters. The van der Waals surface area contributed by atoms with E-state index in [1.165, 1.54) is 6.08 Å². The van der Waals surface area contributed by atoms with Gasteiger partial charge in [-0.2, -0.15) is 0 Å². The van der Waals surface area contributed by atoms with Crippen molar-refractivity contribution in [3.8, 4) is 0 Å². The summed E-state index contributed by atoms with van der Waals surface area (Å²) in [6.45, 7) is 3.52. The second kappa shape index (κ2) is 3.04. The van der Waals surface area contributed by atoms with E-state index in [0.717, 1.165) is 5.57 Å². The Morgan fingerprint density at radius 1 is 1.79 bits per heavy atom. The van der Waals surface area contributed by atoms with Gasteiger partial charge in [0.1, 0.15) is 0 Å². The lowest BCUT2D eigenvalue weighted by molar-refractivity contribution is -0.607. The molecule has 1 aliphatic carbocycles. The molecule has 5 heteroatoms. The zero-order chi connectivity index (χ0) is 10.2. The van der Waals surface area contributed by atoms with Crippen LogP contribution in [0.2, 0.25) is 0 Å². The maximum Gasteiger partial charge on any atom is 0.376 e. The molecule has 1 heterocycles. The normalized spacial score (nSPS) is 34.9. The third-order valence-electron chi connectivity index (χ3n) is 2.32. The minimum atomic E-state index is -1.54. The van der Waals surface area contributed by atoms with Gasteiger partial charge in [0.2, 0.25) is 0 Å². The molecule has 2 rings (SSSR count). The van der Waals surface area contributed by atoms with E-state index in [4.69, 9.17) is 9.47 Å². The Morgan fingerprint density at radius 3 is 3.21 bits per heavy atom. The van der Waals surface area contributed by atoms with E-state index < -0.39 is 16.8 Å². The maximum absolute atomic E-state index is 10.8. The molecular formula is C9H9NO4. The summed E-state index contributed by atoms with van der Waals surface area (Å²) in [4.78, 5) is 10.4. The Labute approximate surface area is 80.5 Å². The summed E-state index contributed by atoms with van der Waals surface area (Å²) in [5.74, 6) is 0. The molecule has 0 N–H and O–H groups in total. The number of hydrogen-bond donors (Lipinski definition) is 0. The highest BCUT2D eigenvalue weighted by Gasteiger charge is 2.55. The van der Waals surface area contributed by atoms with Crippen LogP contribution in [0.3, 0.4) is 0 Å². The third kappa shape index (κ3) is 1.10. The fourth-order valence-corrected chi connectivity index (χ4v) is 1.51. The molecule has 0 radical (unpaired) electrons. The molecule has 0 amide bonds. The van der Waals surface area contributed by atoms with Gasteiger partial charge in [-0.05, 0) is 17.7 Å². The second-order valence-corrected chi connectivity index (χ2v) is 3.06. The Morgan fingerprint density at radius 2 is 2.57 bits per heavy atom. The van der Waals surface area contributed by atoms with Gasteiger partial charge in [-0.3, -0.25) is 14.9 Å². The van der Waals surface area contributed by atoms with Gasteiger partial charge in [-0.25, -0.2) is 0 Å². The Kier molecular flexibility index (Phi) is 1.98. The highest BCUT2D eigenvalue weighted by Crippen LogP contribution is 2.33. The van der Waals surface area contributed by atoms with Gasteiger partial charge in [0.25, 0.3) is 0 Å². The molecule has 2 unspecified atom stereocenters. The summed E-state index contributed by atoms with van der Waals surface area (Å²) < 4.78 is 10.1. The minimum absolute atomic E-state index is 0.0586. The summed E-state index contributed by atoms with van der Waals surface area (Å²) in [7, 11) is 0. The van der Waals surface area contributed by atoms with E-state index in [1.54, 1.807) is 18.2 Å². The van der Waals surface area contributed by atoms with Crippen molar-refractivity contribution in [3.05, 3.63) is 46.6 Å². The molecule has 0 saturated carbocycles. The number of hydrogen-bond acceptors (Lipinski definition) is 4. The average molecular weight is 195 g/mol. The number of nitrogens with zero attached hydrogens (tertiary/aromatic N) is 1. The Balaban J connectivity index is 2.38. The first-order valence-corrected chi connectivity index (χ1v) is 4.12. The lowest BCUT2D eigenvalue weighted by atomic mass is 9.97. The van der Waals surface area contributed by atoms with Crippen molar-refractivity contribution in [1.82, 2.24) is 0 Å². The molecule has 0 aromatic rings. The first kappa shape index (κ1) is 9.11. The Hall–Kier alpha value is -1.46. The Bertz CT molecular complexity index is 347. The molecule has 0 aromatic heterocycles. The van der Waals surface area contributed by atoms with E-state index in [9.17, 15) is 10.1 Å². The van der Waals surface area contributed by atoms with Crippen molar-refractivity contribution in [2.75, 3.05) is 6.79 Å². The van der Waals surface area contributed by atoms with E-state index in [2.05, 4.69) is 6.58 Å². The van der Waals surface area contributed by atoms with Gasteiger partial charge in [0.05, 0.1) is 4.92 Å². The van der Waals surface area contributed by atoms with Crippen LogP contribution in [0.5, 0.6) is 0 Å². The van der Waals surface area contributed by atoms with E-state index in [0.29, 0.717) is 0 Å². The highest BCUT2D eigenvalue weighted by molar-refractivity contribution is 5.37. The van der Waals surface area contributed by atoms with Crippen LogP contribution < -0.4 is 0 Å². The van der Waals surface area contributed by atoms with Gasteiger partial charge >= 0.3 is 5.72 Å². The predicted molar refractivity (Wildman–Crippen MR) is 48.0 cm³/mol. The lowest BCUT2D eigenvalue weighted by Crippen LogP contribution is -2.45. The zero-order valence-electron chi connectivity index (χ0n) is 7.38. The molecule has 1 fully saturated rings. The molecule has 14 heavy (non-hydrogen) atoms. The number of allylic oxidation sites excluding steroid dienone is 3. The smallest absolute Gasteiger partial charge is 0.337 e. The van der Waals surface area contributed by atoms with E-state index in [-0.39, 0.29) is 6.79 Å². The number of fused-ring (bicyclic) bond motifs is 1. The fourth-order valence-electron chi connectivity index (χ4n) is 1.51. The second-order valence-electron chi connectivity index (χ2n) is 3.06. The molecular weight excluding hydrogens is 186 g/mol. The van der Waals surface area contributed by atoms with Gasteiger partial charge < -0.3 is 4.74 Å².